The molecule has 0 amide bonds. The normalized spacial score (nSPS) is 12.2. The second-order valence-electron chi connectivity index (χ2n) is 3.04. The first-order valence-electron chi connectivity index (χ1n) is 4.50. The van der Waals surface area contributed by atoms with E-state index in [1.54, 1.807) is 0 Å². The molecule has 1 aromatic rings. The first-order chi connectivity index (χ1) is 7.04. The molecule has 0 aromatic heterocycles. The van der Waals surface area contributed by atoms with Crippen LogP contribution in [0, 0.1) is 5.41 Å². The van der Waals surface area contributed by atoms with Crippen molar-refractivity contribution in [2.75, 3.05) is 0 Å². The standard InChI is InChI=1S/C10H12Br2N2O/c1-2-8(10(13)14)15-9-4-3-6(11)5-7(9)12/h3-5,8H,2H2,1H3,(H3,13,14). The van der Waals surface area contributed by atoms with Gasteiger partial charge in [0.2, 0.25) is 0 Å². The van der Waals surface area contributed by atoms with Crippen molar-refractivity contribution in [3.05, 3.63) is 27.1 Å². The number of nitrogens with one attached hydrogen (secondary N) is 1. The Hall–Kier alpha value is -0.550. The molecule has 82 valence electrons. The number of hydrogen-bond donors (Lipinski definition) is 2. The Kier molecular flexibility index (Phi) is 4.60. The highest BCUT2D eigenvalue weighted by atomic mass is 79.9. The maximum atomic E-state index is 7.34. The second-order valence-corrected chi connectivity index (χ2v) is 4.81. The number of benzene rings is 1. The monoisotopic (exact) mass is 334 g/mol. The predicted molar refractivity (Wildman–Crippen MR) is 68.5 cm³/mol. The summed E-state index contributed by atoms with van der Waals surface area (Å²) >= 11 is 6.74. The minimum Gasteiger partial charge on any atom is -0.481 e. The molecule has 0 aliphatic carbocycles. The third kappa shape index (κ3) is 3.50. The quantitative estimate of drug-likeness (QED) is 0.655. The molecule has 3 nitrogen and oxygen atoms in total. The van der Waals surface area contributed by atoms with E-state index >= 15 is 0 Å². The zero-order valence-corrected chi connectivity index (χ0v) is 11.4. The molecule has 5 heteroatoms. The van der Waals surface area contributed by atoms with Gasteiger partial charge in [0.15, 0.2) is 6.10 Å². The summed E-state index contributed by atoms with van der Waals surface area (Å²) in [6.07, 6.45) is 0.320. The van der Waals surface area contributed by atoms with Crippen LogP contribution in [0.25, 0.3) is 0 Å². The van der Waals surface area contributed by atoms with Gasteiger partial charge in [0.05, 0.1) is 4.47 Å². The Morgan fingerprint density at radius 2 is 2.20 bits per heavy atom. The van der Waals surface area contributed by atoms with Crippen molar-refractivity contribution in [1.29, 1.82) is 5.41 Å². The summed E-state index contributed by atoms with van der Waals surface area (Å²) in [4.78, 5) is 0. The van der Waals surface area contributed by atoms with Gasteiger partial charge in [0, 0.05) is 4.47 Å². The van der Waals surface area contributed by atoms with E-state index in [4.69, 9.17) is 15.9 Å². The summed E-state index contributed by atoms with van der Waals surface area (Å²) in [5, 5.41) is 7.34. The Balaban J connectivity index is 2.84. The molecule has 0 aliphatic heterocycles. The Morgan fingerprint density at radius 3 is 2.67 bits per heavy atom. The lowest BCUT2D eigenvalue weighted by Crippen LogP contribution is -2.32. The molecule has 15 heavy (non-hydrogen) atoms. The van der Waals surface area contributed by atoms with Gasteiger partial charge in [-0.3, -0.25) is 5.41 Å². The molecule has 1 rings (SSSR count). The predicted octanol–water partition coefficient (Wildman–Crippen LogP) is 3.30. The molecule has 1 aromatic carbocycles. The van der Waals surface area contributed by atoms with Gasteiger partial charge >= 0.3 is 0 Å². The van der Waals surface area contributed by atoms with Crippen LogP contribution in [0.15, 0.2) is 27.1 Å². The van der Waals surface area contributed by atoms with Crippen LogP contribution < -0.4 is 10.5 Å². The van der Waals surface area contributed by atoms with E-state index in [1.807, 2.05) is 25.1 Å². The van der Waals surface area contributed by atoms with Gasteiger partial charge in [0.25, 0.3) is 0 Å². The molecular weight excluding hydrogens is 324 g/mol. The fourth-order valence-electron chi connectivity index (χ4n) is 1.09. The summed E-state index contributed by atoms with van der Waals surface area (Å²) in [6.45, 7) is 1.93. The highest BCUT2D eigenvalue weighted by Gasteiger charge is 2.13. The van der Waals surface area contributed by atoms with E-state index in [-0.39, 0.29) is 11.9 Å². The lowest BCUT2D eigenvalue weighted by atomic mass is 10.2. The SMILES string of the molecule is CCC(Oc1ccc(Br)cc1Br)C(=N)N. The van der Waals surface area contributed by atoms with E-state index in [0.717, 1.165) is 8.95 Å². The lowest BCUT2D eigenvalue weighted by Gasteiger charge is -2.17. The molecular formula is C10H12Br2N2O. The topological polar surface area (TPSA) is 59.1 Å². The Labute approximate surface area is 106 Å². The molecule has 0 radical (unpaired) electrons. The first kappa shape index (κ1) is 12.5. The van der Waals surface area contributed by atoms with Crippen molar-refractivity contribution in [1.82, 2.24) is 0 Å². The summed E-state index contributed by atoms with van der Waals surface area (Å²) in [5.74, 6) is 0.743. The minimum absolute atomic E-state index is 0.0484. The minimum atomic E-state index is -0.359. The van der Waals surface area contributed by atoms with E-state index in [9.17, 15) is 0 Å². The summed E-state index contributed by atoms with van der Waals surface area (Å²) < 4.78 is 7.41. The van der Waals surface area contributed by atoms with Crippen molar-refractivity contribution >= 4 is 37.7 Å². The number of ether oxygens (including phenoxy) is 1. The van der Waals surface area contributed by atoms with Gasteiger partial charge in [-0.05, 0) is 40.5 Å². The Morgan fingerprint density at radius 1 is 1.53 bits per heavy atom. The molecule has 0 fully saturated rings. The van der Waals surface area contributed by atoms with Crippen LogP contribution in [0.2, 0.25) is 0 Å². The molecule has 1 unspecified atom stereocenters. The van der Waals surface area contributed by atoms with Gasteiger partial charge in [-0.25, -0.2) is 0 Å². The van der Waals surface area contributed by atoms with Crippen LogP contribution in [-0.4, -0.2) is 11.9 Å². The molecule has 0 heterocycles. The number of amidine groups is 1. The summed E-state index contributed by atoms with van der Waals surface area (Å²) in [6, 6.07) is 5.61. The number of rotatable bonds is 4. The highest BCUT2D eigenvalue weighted by Crippen LogP contribution is 2.29. The van der Waals surface area contributed by atoms with Crippen molar-refractivity contribution in [3.8, 4) is 5.75 Å². The van der Waals surface area contributed by atoms with Crippen molar-refractivity contribution in [2.45, 2.75) is 19.4 Å². The Bertz CT molecular complexity index is 368. The smallest absolute Gasteiger partial charge is 0.155 e. The summed E-state index contributed by atoms with van der Waals surface area (Å²) in [5.41, 5.74) is 5.41. The average molecular weight is 336 g/mol. The molecule has 0 saturated carbocycles. The zero-order chi connectivity index (χ0) is 11.4. The zero-order valence-electron chi connectivity index (χ0n) is 8.26. The maximum absolute atomic E-state index is 7.34. The number of halogens is 2. The molecule has 0 aliphatic rings. The van der Waals surface area contributed by atoms with Gasteiger partial charge in [0.1, 0.15) is 11.6 Å². The van der Waals surface area contributed by atoms with E-state index in [0.29, 0.717) is 12.2 Å². The van der Waals surface area contributed by atoms with Crippen molar-refractivity contribution < 1.29 is 4.74 Å². The fourth-order valence-corrected chi connectivity index (χ4v) is 2.23. The van der Waals surface area contributed by atoms with Crippen LogP contribution in [0.5, 0.6) is 5.75 Å². The molecule has 0 spiro atoms. The van der Waals surface area contributed by atoms with E-state index in [1.165, 1.54) is 0 Å². The van der Waals surface area contributed by atoms with Crippen LogP contribution in [0.3, 0.4) is 0 Å². The highest BCUT2D eigenvalue weighted by molar-refractivity contribution is 9.11. The van der Waals surface area contributed by atoms with Gasteiger partial charge < -0.3 is 10.5 Å². The van der Waals surface area contributed by atoms with Gasteiger partial charge in [-0.2, -0.15) is 0 Å². The van der Waals surface area contributed by atoms with Crippen molar-refractivity contribution in [2.24, 2.45) is 5.73 Å². The third-order valence-electron chi connectivity index (χ3n) is 1.88. The molecule has 0 bridgehead atoms. The van der Waals surface area contributed by atoms with Crippen LogP contribution in [-0.2, 0) is 0 Å². The second kappa shape index (κ2) is 5.51. The summed E-state index contributed by atoms with van der Waals surface area (Å²) in [7, 11) is 0. The van der Waals surface area contributed by atoms with Gasteiger partial charge in [-0.1, -0.05) is 22.9 Å². The van der Waals surface area contributed by atoms with Crippen LogP contribution in [0.4, 0.5) is 0 Å². The molecule has 1 atom stereocenters. The van der Waals surface area contributed by atoms with Gasteiger partial charge in [-0.15, -0.1) is 0 Å². The van der Waals surface area contributed by atoms with E-state index < -0.39 is 0 Å². The molecule has 0 saturated heterocycles. The maximum Gasteiger partial charge on any atom is 0.155 e. The number of hydrogen-bond acceptors (Lipinski definition) is 2. The number of nitrogens with two attached hydrogens (primary N) is 1. The first-order valence-corrected chi connectivity index (χ1v) is 6.08. The van der Waals surface area contributed by atoms with Crippen LogP contribution in [0.1, 0.15) is 13.3 Å². The van der Waals surface area contributed by atoms with E-state index in [2.05, 4.69) is 31.9 Å². The third-order valence-corrected chi connectivity index (χ3v) is 2.99. The molecule has 3 N–H and O–H groups in total. The fraction of sp³-hybridized carbons (Fsp3) is 0.300. The lowest BCUT2D eigenvalue weighted by molar-refractivity contribution is 0.259. The van der Waals surface area contributed by atoms with Crippen molar-refractivity contribution in [3.63, 3.8) is 0 Å². The largest absolute Gasteiger partial charge is 0.481 e. The van der Waals surface area contributed by atoms with Crippen LogP contribution >= 0.6 is 31.9 Å². The average Bonchev–Trinajstić information content (AvgIpc) is 2.16.